The molecule has 0 saturated heterocycles. The van der Waals surface area contributed by atoms with Crippen LogP contribution < -0.4 is 0 Å². The molecular formula is C12H18O6. The summed E-state index contributed by atoms with van der Waals surface area (Å²) in [6, 6.07) is 0. The lowest BCUT2D eigenvalue weighted by molar-refractivity contribution is -0.144. The smallest absolute Gasteiger partial charge is 0.331 e. The number of ether oxygens (including phenoxy) is 1. The summed E-state index contributed by atoms with van der Waals surface area (Å²) in [5, 5.41) is 17.6. The van der Waals surface area contributed by atoms with Gasteiger partial charge < -0.3 is 14.9 Å². The van der Waals surface area contributed by atoms with Gasteiger partial charge >= 0.3 is 17.9 Å². The van der Waals surface area contributed by atoms with Gasteiger partial charge in [-0.15, -0.1) is 0 Å². The molecule has 0 aliphatic heterocycles. The van der Waals surface area contributed by atoms with Crippen molar-refractivity contribution in [2.45, 2.75) is 32.1 Å². The summed E-state index contributed by atoms with van der Waals surface area (Å²) in [5.41, 5.74) is -0.310. The molecule has 1 atom stereocenters. The monoisotopic (exact) mass is 258 g/mol. The van der Waals surface area contributed by atoms with Crippen molar-refractivity contribution in [2.24, 2.45) is 5.92 Å². The van der Waals surface area contributed by atoms with E-state index in [0.29, 0.717) is 19.3 Å². The molecule has 6 heteroatoms. The van der Waals surface area contributed by atoms with Gasteiger partial charge in [-0.25, -0.2) is 4.79 Å². The molecule has 0 spiro atoms. The van der Waals surface area contributed by atoms with Crippen LogP contribution in [0.2, 0.25) is 0 Å². The highest BCUT2D eigenvalue weighted by molar-refractivity contribution is 5.93. The zero-order valence-electron chi connectivity index (χ0n) is 10.3. The largest absolute Gasteiger partial charge is 0.481 e. The topological polar surface area (TPSA) is 101 Å². The van der Waals surface area contributed by atoms with Gasteiger partial charge in [-0.05, 0) is 12.8 Å². The van der Waals surface area contributed by atoms with E-state index >= 15 is 0 Å². The number of methoxy groups -OCH3 is 1. The third-order valence-corrected chi connectivity index (χ3v) is 2.59. The zero-order chi connectivity index (χ0) is 14.1. The molecule has 2 N–H and O–H groups in total. The van der Waals surface area contributed by atoms with Crippen molar-refractivity contribution in [1.29, 1.82) is 0 Å². The minimum atomic E-state index is -1.29. The number of carbonyl (C=O) groups is 3. The number of carboxylic acid groups (broad SMARTS) is 2. The molecule has 0 aliphatic rings. The molecule has 0 aromatic carbocycles. The van der Waals surface area contributed by atoms with E-state index in [-0.39, 0.29) is 24.4 Å². The predicted molar refractivity (Wildman–Crippen MR) is 63.0 cm³/mol. The van der Waals surface area contributed by atoms with Crippen molar-refractivity contribution in [3.63, 3.8) is 0 Å². The Morgan fingerprint density at radius 2 is 1.78 bits per heavy atom. The number of unbranched alkanes of at least 4 members (excludes halogenated alkanes) is 2. The summed E-state index contributed by atoms with van der Waals surface area (Å²) in [6.07, 6.45) is 2.26. The molecule has 0 fully saturated rings. The number of rotatable bonds is 9. The first-order valence-electron chi connectivity index (χ1n) is 5.61. The number of carboxylic acids is 2. The lowest BCUT2D eigenvalue weighted by Gasteiger charge is -2.11. The Labute approximate surface area is 105 Å². The summed E-state index contributed by atoms with van der Waals surface area (Å²) in [7, 11) is 1.31. The molecular weight excluding hydrogens is 240 g/mol. The predicted octanol–water partition coefficient (Wildman–Crippen LogP) is 1.45. The van der Waals surface area contributed by atoms with E-state index in [4.69, 9.17) is 10.2 Å². The normalized spacial score (nSPS) is 11.6. The van der Waals surface area contributed by atoms with Crippen LogP contribution in [0.5, 0.6) is 0 Å². The van der Waals surface area contributed by atoms with Crippen LogP contribution in [0, 0.1) is 5.92 Å². The minimum Gasteiger partial charge on any atom is -0.481 e. The van der Waals surface area contributed by atoms with Crippen LogP contribution >= 0.6 is 0 Å². The van der Waals surface area contributed by atoms with E-state index in [1.54, 1.807) is 0 Å². The molecule has 0 saturated carbocycles. The molecule has 0 amide bonds. The van der Waals surface area contributed by atoms with E-state index in [9.17, 15) is 14.4 Å². The number of carbonyl (C=O) groups excluding carboxylic acids is 1. The second kappa shape index (κ2) is 8.27. The van der Waals surface area contributed by atoms with E-state index in [0.717, 1.165) is 0 Å². The first-order chi connectivity index (χ1) is 8.40. The molecule has 6 nitrogen and oxygen atoms in total. The maximum absolute atomic E-state index is 10.9. The fourth-order valence-corrected chi connectivity index (χ4v) is 1.49. The first kappa shape index (κ1) is 16.1. The van der Waals surface area contributed by atoms with Crippen molar-refractivity contribution in [1.82, 2.24) is 0 Å². The summed E-state index contributed by atoms with van der Waals surface area (Å²) in [4.78, 5) is 32.3. The lowest BCUT2D eigenvalue weighted by atomic mass is 9.94. The van der Waals surface area contributed by atoms with Gasteiger partial charge in [0.1, 0.15) is 0 Å². The Morgan fingerprint density at radius 3 is 2.22 bits per heavy atom. The maximum Gasteiger partial charge on any atom is 0.331 e. The molecule has 102 valence electrons. The van der Waals surface area contributed by atoms with Gasteiger partial charge in [-0.1, -0.05) is 19.4 Å². The summed E-state index contributed by atoms with van der Waals surface area (Å²) in [6.45, 7) is 3.26. The van der Waals surface area contributed by atoms with Gasteiger partial charge in [-0.2, -0.15) is 0 Å². The fourth-order valence-electron chi connectivity index (χ4n) is 1.49. The van der Waals surface area contributed by atoms with Gasteiger partial charge in [0, 0.05) is 12.0 Å². The van der Waals surface area contributed by atoms with Gasteiger partial charge in [0.05, 0.1) is 13.0 Å². The average Bonchev–Trinajstić information content (AvgIpc) is 2.31. The Kier molecular flexibility index (Phi) is 7.42. The summed E-state index contributed by atoms with van der Waals surface area (Å²) < 4.78 is 4.46. The highest BCUT2D eigenvalue weighted by Gasteiger charge is 2.24. The molecule has 0 unspecified atom stereocenters. The van der Waals surface area contributed by atoms with Crippen molar-refractivity contribution in [2.75, 3.05) is 7.11 Å². The van der Waals surface area contributed by atoms with Crippen LogP contribution in [-0.4, -0.2) is 35.2 Å². The number of esters is 1. The molecule has 0 aromatic rings. The fraction of sp³-hybridized carbons (Fsp3) is 0.583. The Bertz CT molecular complexity index is 333. The van der Waals surface area contributed by atoms with Crippen LogP contribution in [0.1, 0.15) is 32.1 Å². The second-order valence-corrected chi connectivity index (χ2v) is 3.90. The Morgan fingerprint density at radius 1 is 1.17 bits per heavy atom. The standard InChI is InChI=1S/C12H18O6/c1-8(11(14)15)9(12(16)17)6-4-3-5-7-10(13)18-2/h9H,1,3-7H2,2H3,(H,14,15)(H,16,17)/t9-/m0/s1. The Balaban J connectivity index is 4.00. The number of hydrogen-bond donors (Lipinski definition) is 2. The highest BCUT2D eigenvalue weighted by atomic mass is 16.5. The van der Waals surface area contributed by atoms with Crippen molar-refractivity contribution in [3.05, 3.63) is 12.2 Å². The van der Waals surface area contributed by atoms with Gasteiger partial charge in [0.2, 0.25) is 0 Å². The second-order valence-electron chi connectivity index (χ2n) is 3.90. The van der Waals surface area contributed by atoms with E-state index < -0.39 is 17.9 Å². The van der Waals surface area contributed by atoms with Crippen LogP contribution in [0.25, 0.3) is 0 Å². The molecule has 0 aromatic heterocycles. The molecule has 0 bridgehead atoms. The number of hydrogen-bond acceptors (Lipinski definition) is 4. The van der Waals surface area contributed by atoms with Crippen molar-refractivity contribution >= 4 is 17.9 Å². The van der Waals surface area contributed by atoms with Crippen LogP contribution in [0.3, 0.4) is 0 Å². The van der Waals surface area contributed by atoms with Gasteiger partial charge in [-0.3, -0.25) is 9.59 Å². The van der Waals surface area contributed by atoms with E-state index in [1.165, 1.54) is 7.11 Å². The average molecular weight is 258 g/mol. The molecule has 0 rings (SSSR count). The molecule has 0 radical (unpaired) electrons. The van der Waals surface area contributed by atoms with Crippen molar-refractivity contribution in [3.8, 4) is 0 Å². The number of aliphatic carboxylic acids is 2. The van der Waals surface area contributed by atoms with Gasteiger partial charge in [0.15, 0.2) is 0 Å². The summed E-state index contributed by atoms with van der Waals surface area (Å²) in [5.74, 6) is -3.85. The third-order valence-electron chi connectivity index (χ3n) is 2.59. The maximum atomic E-state index is 10.9. The summed E-state index contributed by atoms with van der Waals surface area (Å²) >= 11 is 0. The first-order valence-corrected chi connectivity index (χ1v) is 5.61. The quantitative estimate of drug-likeness (QED) is 0.369. The molecule has 0 heterocycles. The zero-order valence-corrected chi connectivity index (χ0v) is 10.3. The lowest BCUT2D eigenvalue weighted by Crippen LogP contribution is -2.20. The minimum absolute atomic E-state index is 0.210. The molecule has 18 heavy (non-hydrogen) atoms. The van der Waals surface area contributed by atoms with Gasteiger partial charge in [0.25, 0.3) is 0 Å². The SMILES string of the molecule is C=C(C(=O)O)[C@H](CCCCCC(=O)OC)C(=O)O. The molecule has 0 aliphatic carbocycles. The Hall–Kier alpha value is -1.85. The van der Waals surface area contributed by atoms with E-state index in [2.05, 4.69) is 11.3 Å². The van der Waals surface area contributed by atoms with Crippen LogP contribution in [-0.2, 0) is 19.1 Å². The third kappa shape index (κ3) is 6.03. The van der Waals surface area contributed by atoms with E-state index in [1.807, 2.05) is 0 Å². The van der Waals surface area contributed by atoms with Crippen LogP contribution in [0.4, 0.5) is 0 Å². The van der Waals surface area contributed by atoms with Crippen LogP contribution in [0.15, 0.2) is 12.2 Å². The van der Waals surface area contributed by atoms with Crippen molar-refractivity contribution < 1.29 is 29.3 Å². The highest BCUT2D eigenvalue weighted by Crippen LogP contribution is 2.18.